The van der Waals surface area contributed by atoms with Gasteiger partial charge in [-0.05, 0) is 51.6 Å². The van der Waals surface area contributed by atoms with Crippen molar-refractivity contribution in [1.29, 1.82) is 0 Å². The summed E-state index contributed by atoms with van der Waals surface area (Å²) >= 11 is 0. The van der Waals surface area contributed by atoms with Crippen molar-refractivity contribution in [2.75, 3.05) is 20.1 Å². The summed E-state index contributed by atoms with van der Waals surface area (Å²) in [7, 11) is 1.94. The number of nitrogens with one attached hydrogen (secondary N) is 1. The first-order chi connectivity index (χ1) is 7.83. The fourth-order valence-corrected chi connectivity index (χ4v) is 2.98. The Hall–Kier alpha value is -0.280. The van der Waals surface area contributed by atoms with Gasteiger partial charge >= 0.3 is 0 Å². The Morgan fingerprint density at radius 3 is 2.65 bits per heavy atom. The minimum Gasteiger partial charge on any atom is -0.339 e. The average molecular weight is 261 g/mol. The second-order valence-electron chi connectivity index (χ2n) is 5.19. The molecular weight excluding hydrogens is 236 g/mol. The van der Waals surface area contributed by atoms with Crippen LogP contribution in [0.3, 0.4) is 0 Å². The molecule has 1 aliphatic carbocycles. The third kappa shape index (κ3) is 3.59. The van der Waals surface area contributed by atoms with Gasteiger partial charge in [0.1, 0.15) is 0 Å². The van der Waals surface area contributed by atoms with E-state index in [1.54, 1.807) is 0 Å². The number of hydrogen-bond acceptors (Lipinski definition) is 2. The van der Waals surface area contributed by atoms with Gasteiger partial charge in [-0.25, -0.2) is 0 Å². The number of rotatable bonds is 5. The molecular formula is C13H25ClN2O. The molecule has 4 heteroatoms. The van der Waals surface area contributed by atoms with Crippen LogP contribution in [0.2, 0.25) is 0 Å². The fraction of sp³-hybridized carbons (Fsp3) is 0.923. The minimum absolute atomic E-state index is 0. The monoisotopic (exact) mass is 260 g/mol. The summed E-state index contributed by atoms with van der Waals surface area (Å²) in [5.74, 6) is 1.22. The first kappa shape index (κ1) is 14.8. The number of amides is 1. The molecule has 1 atom stereocenters. The highest BCUT2D eigenvalue weighted by atomic mass is 35.5. The maximum absolute atomic E-state index is 12.1. The van der Waals surface area contributed by atoms with Crippen molar-refractivity contribution < 1.29 is 4.79 Å². The number of halogens is 1. The van der Waals surface area contributed by atoms with Crippen LogP contribution in [-0.4, -0.2) is 37.0 Å². The molecule has 3 nitrogen and oxygen atoms in total. The van der Waals surface area contributed by atoms with Gasteiger partial charge in [0.15, 0.2) is 0 Å². The first-order valence-electron chi connectivity index (χ1n) is 6.77. The molecule has 1 amide bonds. The maximum Gasteiger partial charge on any atom is 0.222 e. The molecule has 0 aromatic rings. The number of carbonyl (C=O) groups is 1. The van der Waals surface area contributed by atoms with Gasteiger partial charge in [0, 0.05) is 19.0 Å². The third-order valence-corrected chi connectivity index (χ3v) is 4.13. The van der Waals surface area contributed by atoms with Crippen molar-refractivity contribution in [2.24, 2.45) is 5.92 Å². The van der Waals surface area contributed by atoms with Gasteiger partial charge in [-0.1, -0.05) is 6.42 Å². The van der Waals surface area contributed by atoms with E-state index in [-0.39, 0.29) is 12.4 Å². The Kier molecular flexibility index (Phi) is 6.28. The minimum atomic E-state index is 0. The molecule has 0 bridgehead atoms. The predicted octanol–water partition coefficient (Wildman–Crippen LogP) is 2.20. The van der Waals surface area contributed by atoms with Gasteiger partial charge in [-0.15, -0.1) is 12.4 Å². The maximum atomic E-state index is 12.1. The molecule has 1 aliphatic heterocycles. The Morgan fingerprint density at radius 1 is 1.29 bits per heavy atom. The molecule has 17 heavy (non-hydrogen) atoms. The van der Waals surface area contributed by atoms with Gasteiger partial charge in [-0.2, -0.15) is 0 Å². The van der Waals surface area contributed by atoms with Crippen LogP contribution in [0.15, 0.2) is 0 Å². The third-order valence-electron chi connectivity index (χ3n) is 4.13. The van der Waals surface area contributed by atoms with E-state index >= 15 is 0 Å². The summed E-state index contributed by atoms with van der Waals surface area (Å²) < 4.78 is 0. The molecule has 0 aromatic carbocycles. The van der Waals surface area contributed by atoms with Crippen molar-refractivity contribution in [3.8, 4) is 0 Å². The van der Waals surface area contributed by atoms with Crippen LogP contribution in [0.25, 0.3) is 0 Å². The van der Waals surface area contributed by atoms with E-state index in [1.807, 2.05) is 7.05 Å². The SMILES string of the molecule is CNCCCC(=O)N1CCCC1C1CCC1.Cl. The van der Waals surface area contributed by atoms with Crippen LogP contribution >= 0.6 is 12.4 Å². The van der Waals surface area contributed by atoms with Crippen molar-refractivity contribution in [2.45, 2.75) is 51.0 Å². The number of hydrogen-bond donors (Lipinski definition) is 1. The molecule has 1 saturated heterocycles. The largest absolute Gasteiger partial charge is 0.339 e. The molecule has 1 unspecified atom stereocenters. The predicted molar refractivity (Wildman–Crippen MR) is 72.5 cm³/mol. The first-order valence-corrected chi connectivity index (χ1v) is 6.77. The molecule has 0 aromatic heterocycles. The lowest BCUT2D eigenvalue weighted by Crippen LogP contribution is -2.42. The molecule has 2 fully saturated rings. The molecule has 2 rings (SSSR count). The van der Waals surface area contributed by atoms with Gasteiger partial charge in [0.05, 0.1) is 0 Å². The number of likely N-dealkylation sites (tertiary alicyclic amines) is 1. The number of carbonyl (C=O) groups excluding carboxylic acids is 1. The zero-order valence-corrected chi connectivity index (χ0v) is 11.6. The van der Waals surface area contributed by atoms with E-state index in [1.165, 1.54) is 32.1 Å². The van der Waals surface area contributed by atoms with Gasteiger partial charge in [0.25, 0.3) is 0 Å². The second kappa shape index (κ2) is 7.22. The Balaban J connectivity index is 0.00000144. The van der Waals surface area contributed by atoms with Gasteiger partial charge in [-0.3, -0.25) is 4.79 Å². The van der Waals surface area contributed by atoms with Crippen LogP contribution in [0.4, 0.5) is 0 Å². The molecule has 1 N–H and O–H groups in total. The standard InChI is InChI=1S/C13H24N2O.ClH/c1-14-9-3-8-13(16)15-10-4-7-12(15)11-5-2-6-11;/h11-12,14H,2-10H2,1H3;1H. The highest BCUT2D eigenvalue weighted by Gasteiger charge is 2.36. The zero-order valence-electron chi connectivity index (χ0n) is 10.8. The van der Waals surface area contributed by atoms with Gasteiger partial charge in [0.2, 0.25) is 5.91 Å². The summed E-state index contributed by atoms with van der Waals surface area (Å²) in [6.07, 6.45) is 8.26. The molecule has 0 spiro atoms. The summed E-state index contributed by atoms with van der Waals surface area (Å²) in [5, 5.41) is 3.10. The molecule has 100 valence electrons. The fourth-order valence-electron chi connectivity index (χ4n) is 2.98. The van der Waals surface area contributed by atoms with Crippen LogP contribution in [-0.2, 0) is 4.79 Å². The van der Waals surface area contributed by atoms with Crippen LogP contribution in [0.5, 0.6) is 0 Å². The Morgan fingerprint density at radius 2 is 2.06 bits per heavy atom. The molecule has 1 heterocycles. The molecule has 0 radical (unpaired) electrons. The van der Waals surface area contributed by atoms with Crippen LogP contribution in [0.1, 0.15) is 44.9 Å². The van der Waals surface area contributed by atoms with Crippen LogP contribution < -0.4 is 5.32 Å². The van der Waals surface area contributed by atoms with Crippen molar-refractivity contribution in [3.05, 3.63) is 0 Å². The Bertz CT molecular complexity index is 244. The Labute approximate surface area is 111 Å². The normalized spacial score (nSPS) is 24.3. The van der Waals surface area contributed by atoms with Crippen molar-refractivity contribution >= 4 is 18.3 Å². The van der Waals surface area contributed by atoms with Gasteiger partial charge < -0.3 is 10.2 Å². The highest BCUT2D eigenvalue weighted by molar-refractivity contribution is 5.85. The van der Waals surface area contributed by atoms with E-state index in [4.69, 9.17) is 0 Å². The van der Waals surface area contributed by atoms with E-state index in [9.17, 15) is 4.79 Å². The van der Waals surface area contributed by atoms with Crippen LogP contribution in [0, 0.1) is 5.92 Å². The lowest BCUT2D eigenvalue weighted by Gasteiger charge is -2.37. The number of nitrogens with zero attached hydrogens (tertiary/aromatic N) is 1. The van der Waals surface area contributed by atoms with Crippen molar-refractivity contribution in [3.63, 3.8) is 0 Å². The molecule has 1 saturated carbocycles. The summed E-state index contributed by atoms with van der Waals surface area (Å²) in [4.78, 5) is 14.3. The van der Waals surface area contributed by atoms with E-state index in [0.29, 0.717) is 11.9 Å². The van der Waals surface area contributed by atoms with Crippen molar-refractivity contribution in [1.82, 2.24) is 10.2 Å². The van der Waals surface area contributed by atoms with E-state index < -0.39 is 0 Å². The lowest BCUT2D eigenvalue weighted by atomic mass is 9.79. The highest BCUT2D eigenvalue weighted by Crippen LogP contribution is 2.37. The topological polar surface area (TPSA) is 32.3 Å². The summed E-state index contributed by atoms with van der Waals surface area (Å²) in [5.41, 5.74) is 0. The second-order valence-corrected chi connectivity index (χ2v) is 5.19. The smallest absolute Gasteiger partial charge is 0.222 e. The zero-order chi connectivity index (χ0) is 11.4. The lowest BCUT2D eigenvalue weighted by molar-refractivity contribution is -0.133. The quantitative estimate of drug-likeness (QED) is 0.769. The summed E-state index contributed by atoms with van der Waals surface area (Å²) in [6, 6.07) is 0.593. The van der Waals surface area contributed by atoms with E-state index in [2.05, 4.69) is 10.2 Å². The molecule has 2 aliphatic rings. The average Bonchev–Trinajstić information content (AvgIpc) is 2.64. The summed E-state index contributed by atoms with van der Waals surface area (Å²) in [6.45, 7) is 1.97. The van der Waals surface area contributed by atoms with E-state index in [0.717, 1.165) is 31.8 Å².